The highest BCUT2D eigenvalue weighted by atomic mass is 32.1. The molecule has 0 aromatic heterocycles. The summed E-state index contributed by atoms with van der Waals surface area (Å²) in [6, 6.07) is 0. The van der Waals surface area contributed by atoms with Gasteiger partial charge in [0, 0.05) is 6.54 Å². The van der Waals surface area contributed by atoms with Crippen molar-refractivity contribution >= 4 is 17.4 Å². The van der Waals surface area contributed by atoms with Crippen molar-refractivity contribution in [2.75, 3.05) is 20.1 Å². The Kier molecular flexibility index (Phi) is 5.56. The molecule has 0 aliphatic heterocycles. The molecule has 0 bridgehead atoms. The van der Waals surface area contributed by atoms with E-state index in [0.717, 1.165) is 13.1 Å². The SMILES string of the molecule is CNCCN=C=S. The number of rotatable bonds is 3. The lowest BCUT2D eigenvalue weighted by molar-refractivity contribution is 0.805. The van der Waals surface area contributed by atoms with E-state index >= 15 is 0 Å². The molecule has 0 aromatic rings. The number of isothiocyanates is 1. The minimum atomic E-state index is 0.736. The zero-order valence-corrected chi connectivity index (χ0v) is 5.09. The van der Waals surface area contributed by atoms with Crippen LogP contribution >= 0.6 is 12.2 Å². The van der Waals surface area contributed by atoms with Crippen LogP contribution in [0.4, 0.5) is 0 Å². The van der Waals surface area contributed by atoms with Crippen molar-refractivity contribution in [1.29, 1.82) is 0 Å². The Hall–Kier alpha value is -0.240. The highest BCUT2D eigenvalue weighted by molar-refractivity contribution is 7.78. The number of likely N-dealkylation sites (N-methyl/N-ethyl adjacent to an activating group) is 1. The first kappa shape index (κ1) is 6.76. The van der Waals surface area contributed by atoms with E-state index in [-0.39, 0.29) is 0 Å². The number of aliphatic imine (C=N–C) groups is 1. The molecule has 0 spiro atoms. The molecule has 0 aliphatic carbocycles. The van der Waals surface area contributed by atoms with Crippen LogP contribution in [-0.2, 0) is 0 Å². The van der Waals surface area contributed by atoms with E-state index in [1.54, 1.807) is 0 Å². The van der Waals surface area contributed by atoms with Crippen LogP contribution in [0.1, 0.15) is 0 Å². The van der Waals surface area contributed by atoms with Crippen molar-refractivity contribution < 1.29 is 0 Å². The lowest BCUT2D eigenvalue weighted by Crippen LogP contribution is -2.09. The summed E-state index contributed by atoms with van der Waals surface area (Å²) in [7, 11) is 1.87. The zero-order valence-electron chi connectivity index (χ0n) is 4.27. The van der Waals surface area contributed by atoms with Crippen LogP contribution in [0.25, 0.3) is 0 Å². The lowest BCUT2D eigenvalue weighted by Gasteiger charge is -1.85. The third-order valence-electron chi connectivity index (χ3n) is 0.538. The Morgan fingerprint density at radius 2 is 2.57 bits per heavy atom. The maximum Gasteiger partial charge on any atom is 0.0617 e. The second-order valence-corrected chi connectivity index (χ2v) is 1.26. The van der Waals surface area contributed by atoms with Gasteiger partial charge in [0.1, 0.15) is 0 Å². The molecule has 0 radical (unpaired) electrons. The Morgan fingerprint density at radius 3 is 3.00 bits per heavy atom. The molecule has 7 heavy (non-hydrogen) atoms. The van der Waals surface area contributed by atoms with Crippen LogP contribution in [0.3, 0.4) is 0 Å². The molecule has 0 fully saturated rings. The molecule has 0 rings (SSSR count). The predicted molar refractivity (Wildman–Crippen MR) is 33.8 cm³/mol. The van der Waals surface area contributed by atoms with Crippen molar-refractivity contribution in [3.8, 4) is 0 Å². The summed E-state index contributed by atoms with van der Waals surface area (Å²) in [5, 5.41) is 5.19. The number of nitrogens with zero attached hydrogens (tertiary/aromatic N) is 1. The summed E-state index contributed by atoms with van der Waals surface area (Å²) < 4.78 is 0. The third-order valence-corrected chi connectivity index (χ3v) is 0.667. The van der Waals surface area contributed by atoms with E-state index < -0.39 is 0 Å². The summed E-state index contributed by atoms with van der Waals surface area (Å²) in [5.41, 5.74) is 0. The highest BCUT2D eigenvalue weighted by Gasteiger charge is 1.71. The molecule has 1 N–H and O–H groups in total. The van der Waals surface area contributed by atoms with Gasteiger partial charge >= 0.3 is 0 Å². The number of thiocarbonyl (C=S) groups is 1. The molecule has 0 heterocycles. The van der Waals surface area contributed by atoms with Gasteiger partial charge in [-0.15, -0.1) is 0 Å². The topological polar surface area (TPSA) is 24.4 Å². The lowest BCUT2D eigenvalue weighted by atomic mass is 10.7. The molecule has 0 aliphatic rings. The van der Waals surface area contributed by atoms with Gasteiger partial charge in [0.2, 0.25) is 0 Å². The van der Waals surface area contributed by atoms with Crippen LogP contribution < -0.4 is 5.32 Å². The van der Waals surface area contributed by atoms with Gasteiger partial charge in [0.05, 0.1) is 11.7 Å². The Balaban J connectivity index is 2.83. The first-order chi connectivity index (χ1) is 3.41. The van der Waals surface area contributed by atoms with Gasteiger partial charge in [-0.25, -0.2) is 4.99 Å². The van der Waals surface area contributed by atoms with Crippen LogP contribution in [0.15, 0.2) is 4.99 Å². The van der Waals surface area contributed by atoms with Crippen molar-refractivity contribution in [3.05, 3.63) is 0 Å². The van der Waals surface area contributed by atoms with Gasteiger partial charge in [-0.1, -0.05) is 0 Å². The summed E-state index contributed by atoms with van der Waals surface area (Å²) >= 11 is 4.32. The molecule has 0 atom stereocenters. The maximum absolute atomic E-state index is 4.32. The third kappa shape index (κ3) is 5.76. The molecule has 3 heteroatoms. The molecule has 0 saturated heterocycles. The van der Waals surface area contributed by atoms with E-state index in [9.17, 15) is 0 Å². The van der Waals surface area contributed by atoms with E-state index in [4.69, 9.17) is 0 Å². The zero-order chi connectivity index (χ0) is 5.54. The summed E-state index contributed by atoms with van der Waals surface area (Å²) in [4.78, 5) is 3.66. The molecule has 2 nitrogen and oxygen atoms in total. The Morgan fingerprint density at radius 1 is 1.86 bits per heavy atom. The molecule has 0 aromatic carbocycles. The van der Waals surface area contributed by atoms with E-state index in [1.165, 1.54) is 0 Å². The summed E-state index contributed by atoms with van der Waals surface area (Å²) in [5.74, 6) is 0. The average Bonchev–Trinajstić information content (AvgIpc) is 1.69. The first-order valence-electron chi connectivity index (χ1n) is 2.10. The Labute approximate surface area is 48.6 Å². The predicted octanol–water partition coefficient (Wildman–Crippen LogP) is 0.309. The van der Waals surface area contributed by atoms with E-state index in [2.05, 4.69) is 27.7 Å². The van der Waals surface area contributed by atoms with Gasteiger partial charge in [0.25, 0.3) is 0 Å². The van der Waals surface area contributed by atoms with Gasteiger partial charge in [-0.3, -0.25) is 0 Å². The first-order valence-corrected chi connectivity index (χ1v) is 2.51. The van der Waals surface area contributed by atoms with Gasteiger partial charge in [-0.2, -0.15) is 0 Å². The van der Waals surface area contributed by atoms with Crippen molar-refractivity contribution in [2.45, 2.75) is 0 Å². The second-order valence-electron chi connectivity index (χ2n) is 1.08. The van der Waals surface area contributed by atoms with Crippen LogP contribution in [0, 0.1) is 0 Å². The summed E-state index contributed by atoms with van der Waals surface area (Å²) in [6.45, 7) is 1.61. The molecule has 0 saturated carbocycles. The molecule has 0 amide bonds. The average molecular weight is 116 g/mol. The highest BCUT2D eigenvalue weighted by Crippen LogP contribution is 1.59. The number of nitrogens with one attached hydrogen (secondary N) is 1. The summed E-state index contributed by atoms with van der Waals surface area (Å²) in [6.07, 6.45) is 0. The molecule has 40 valence electrons. The molecular weight excluding hydrogens is 108 g/mol. The fourth-order valence-corrected chi connectivity index (χ4v) is 0.305. The van der Waals surface area contributed by atoms with Gasteiger partial charge < -0.3 is 5.32 Å². The van der Waals surface area contributed by atoms with Crippen LogP contribution in [0.2, 0.25) is 0 Å². The van der Waals surface area contributed by atoms with Crippen molar-refractivity contribution in [3.63, 3.8) is 0 Å². The Bertz CT molecular complexity index is 75.8. The number of hydrogen-bond donors (Lipinski definition) is 1. The standard InChI is InChI=1S/C4H8N2S/c1-5-2-3-6-4-7/h5H,2-3H2,1H3. The fraction of sp³-hybridized carbons (Fsp3) is 0.750. The van der Waals surface area contributed by atoms with Crippen LogP contribution in [-0.4, -0.2) is 25.3 Å². The minimum Gasteiger partial charge on any atom is -0.318 e. The smallest absolute Gasteiger partial charge is 0.0617 e. The fourth-order valence-electron chi connectivity index (χ4n) is 0.213. The molecule has 0 unspecified atom stereocenters. The maximum atomic E-state index is 4.32. The van der Waals surface area contributed by atoms with Crippen LogP contribution in [0.5, 0.6) is 0 Å². The van der Waals surface area contributed by atoms with Gasteiger partial charge in [-0.05, 0) is 19.3 Å². The van der Waals surface area contributed by atoms with E-state index in [0.29, 0.717) is 0 Å². The van der Waals surface area contributed by atoms with E-state index in [1.807, 2.05) is 7.05 Å². The normalized spacial score (nSPS) is 7.57. The minimum absolute atomic E-state index is 0.736. The monoisotopic (exact) mass is 116 g/mol. The van der Waals surface area contributed by atoms with Gasteiger partial charge in [0.15, 0.2) is 0 Å². The molecular formula is C4H8N2S. The quantitative estimate of drug-likeness (QED) is 0.326. The second kappa shape index (κ2) is 5.76. The number of hydrogen-bond acceptors (Lipinski definition) is 3. The van der Waals surface area contributed by atoms with Crippen molar-refractivity contribution in [1.82, 2.24) is 5.32 Å². The largest absolute Gasteiger partial charge is 0.318 e. The van der Waals surface area contributed by atoms with Crippen molar-refractivity contribution in [2.24, 2.45) is 4.99 Å².